The molecule has 0 aliphatic heterocycles. The Balaban J connectivity index is 1.88. The molecule has 2 unspecified atom stereocenters. The summed E-state index contributed by atoms with van der Waals surface area (Å²) in [5, 5.41) is 2.76. The molecule has 0 radical (unpaired) electrons. The van der Waals surface area contributed by atoms with Crippen LogP contribution in [0.2, 0.25) is 0 Å². The van der Waals surface area contributed by atoms with E-state index in [1.807, 2.05) is 0 Å². The second-order valence-corrected chi connectivity index (χ2v) is 6.40. The van der Waals surface area contributed by atoms with Crippen LogP contribution in [0.25, 0.3) is 5.65 Å². The number of aromatic amines is 1. The van der Waals surface area contributed by atoms with Gasteiger partial charge in [0, 0.05) is 17.8 Å². The summed E-state index contributed by atoms with van der Waals surface area (Å²) < 4.78 is 6.24. The van der Waals surface area contributed by atoms with Crippen molar-refractivity contribution in [3.63, 3.8) is 0 Å². The highest BCUT2D eigenvalue weighted by Gasteiger charge is 2.22. The van der Waals surface area contributed by atoms with Gasteiger partial charge in [-0.3, -0.25) is 9.89 Å². The SMILES string of the molecule is CCOC(=O)c1cc2nc(CC3CCCCC3C)cc(=O)n2[nH]1. The van der Waals surface area contributed by atoms with Crippen LogP contribution in [0.5, 0.6) is 0 Å². The van der Waals surface area contributed by atoms with Crippen LogP contribution in [0.4, 0.5) is 0 Å². The van der Waals surface area contributed by atoms with Crippen molar-refractivity contribution >= 4 is 11.6 Å². The third-order valence-corrected chi connectivity index (χ3v) is 4.76. The second-order valence-electron chi connectivity index (χ2n) is 6.40. The highest BCUT2D eigenvalue weighted by Crippen LogP contribution is 2.31. The zero-order valence-electron chi connectivity index (χ0n) is 13.7. The summed E-state index contributed by atoms with van der Waals surface area (Å²) >= 11 is 0. The van der Waals surface area contributed by atoms with Crippen molar-refractivity contribution in [2.45, 2.75) is 46.0 Å². The maximum absolute atomic E-state index is 12.3. The van der Waals surface area contributed by atoms with E-state index in [2.05, 4.69) is 17.0 Å². The van der Waals surface area contributed by atoms with Crippen LogP contribution in [0.15, 0.2) is 16.9 Å². The van der Waals surface area contributed by atoms with Gasteiger partial charge in [-0.25, -0.2) is 14.3 Å². The molecule has 0 saturated heterocycles. The largest absolute Gasteiger partial charge is 0.461 e. The van der Waals surface area contributed by atoms with Crippen LogP contribution in [0.3, 0.4) is 0 Å². The van der Waals surface area contributed by atoms with Crippen molar-refractivity contribution in [3.8, 4) is 0 Å². The molecule has 0 aromatic carbocycles. The Bertz CT molecular complexity index is 762. The van der Waals surface area contributed by atoms with Gasteiger partial charge >= 0.3 is 5.97 Å². The molecular formula is C17H23N3O3. The lowest BCUT2D eigenvalue weighted by atomic mass is 9.78. The summed E-state index contributed by atoms with van der Waals surface area (Å²) in [6, 6.07) is 3.15. The highest BCUT2D eigenvalue weighted by atomic mass is 16.5. The Morgan fingerprint density at radius 2 is 2.17 bits per heavy atom. The van der Waals surface area contributed by atoms with E-state index in [0.29, 0.717) is 24.1 Å². The fraction of sp³-hybridized carbons (Fsp3) is 0.588. The monoisotopic (exact) mass is 317 g/mol. The average molecular weight is 317 g/mol. The number of carbonyl (C=O) groups is 1. The molecule has 2 heterocycles. The molecule has 2 aromatic heterocycles. The fourth-order valence-electron chi connectivity index (χ4n) is 3.42. The van der Waals surface area contributed by atoms with Gasteiger partial charge in [-0.1, -0.05) is 26.2 Å². The molecule has 23 heavy (non-hydrogen) atoms. The Morgan fingerprint density at radius 1 is 1.39 bits per heavy atom. The fourth-order valence-corrected chi connectivity index (χ4v) is 3.42. The third-order valence-electron chi connectivity index (χ3n) is 4.76. The number of carbonyl (C=O) groups excluding carboxylic acids is 1. The number of nitrogens with zero attached hydrogens (tertiary/aromatic N) is 2. The lowest BCUT2D eigenvalue weighted by Gasteiger charge is -2.28. The number of nitrogens with one attached hydrogen (secondary N) is 1. The molecule has 1 saturated carbocycles. The predicted octanol–water partition coefficient (Wildman–Crippen LogP) is 2.57. The van der Waals surface area contributed by atoms with Gasteiger partial charge in [-0.05, 0) is 31.6 Å². The standard InChI is InChI=1S/C17H23N3O3/c1-3-23-17(22)14-10-15-18-13(9-16(21)20(15)19-14)8-12-7-5-4-6-11(12)2/h9-12,19H,3-8H2,1-2H3. The summed E-state index contributed by atoms with van der Waals surface area (Å²) in [7, 11) is 0. The van der Waals surface area contributed by atoms with Crippen LogP contribution in [-0.4, -0.2) is 27.2 Å². The Labute approximate surface area is 134 Å². The number of ether oxygens (including phenoxy) is 1. The van der Waals surface area contributed by atoms with Gasteiger partial charge in [0.1, 0.15) is 5.69 Å². The number of esters is 1. The minimum atomic E-state index is -0.472. The van der Waals surface area contributed by atoms with E-state index in [0.717, 1.165) is 12.1 Å². The maximum atomic E-state index is 12.3. The topological polar surface area (TPSA) is 76.5 Å². The van der Waals surface area contributed by atoms with Gasteiger partial charge in [0.15, 0.2) is 5.65 Å². The third kappa shape index (κ3) is 3.30. The number of aromatic nitrogens is 3. The summed E-state index contributed by atoms with van der Waals surface area (Å²) in [6.07, 6.45) is 5.83. The predicted molar refractivity (Wildman–Crippen MR) is 86.6 cm³/mol. The normalized spacial score (nSPS) is 21.5. The van der Waals surface area contributed by atoms with Crippen LogP contribution < -0.4 is 5.56 Å². The number of H-pyrrole nitrogens is 1. The molecule has 2 aromatic rings. The molecule has 1 aliphatic carbocycles. The van der Waals surface area contributed by atoms with E-state index in [1.165, 1.54) is 30.2 Å². The average Bonchev–Trinajstić information content (AvgIpc) is 2.95. The Morgan fingerprint density at radius 3 is 2.91 bits per heavy atom. The number of hydrogen-bond donors (Lipinski definition) is 1. The molecule has 0 bridgehead atoms. The molecule has 1 fully saturated rings. The van der Waals surface area contributed by atoms with E-state index in [9.17, 15) is 9.59 Å². The summed E-state index contributed by atoms with van der Waals surface area (Å²) in [5.74, 6) is 0.784. The van der Waals surface area contributed by atoms with Crippen molar-refractivity contribution in [2.75, 3.05) is 6.61 Å². The summed E-state index contributed by atoms with van der Waals surface area (Å²) in [6.45, 7) is 4.32. The number of rotatable bonds is 4. The maximum Gasteiger partial charge on any atom is 0.356 e. The smallest absolute Gasteiger partial charge is 0.356 e. The number of hydrogen-bond acceptors (Lipinski definition) is 4. The van der Waals surface area contributed by atoms with Crippen LogP contribution in [0.1, 0.15) is 55.7 Å². The molecular weight excluding hydrogens is 294 g/mol. The Kier molecular flexibility index (Phi) is 4.50. The quantitative estimate of drug-likeness (QED) is 0.879. The van der Waals surface area contributed by atoms with Gasteiger partial charge in [0.25, 0.3) is 5.56 Å². The van der Waals surface area contributed by atoms with Crippen molar-refractivity contribution in [3.05, 3.63) is 33.9 Å². The van der Waals surface area contributed by atoms with Gasteiger partial charge in [0.2, 0.25) is 0 Å². The molecule has 6 nitrogen and oxygen atoms in total. The van der Waals surface area contributed by atoms with Crippen molar-refractivity contribution < 1.29 is 9.53 Å². The zero-order chi connectivity index (χ0) is 16.4. The lowest BCUT2D eigenvalue weighted by Crippen LogP contribution is -2.22. The Hall–Kier alpha value is -2.11. The van der Waals surface area contributed by atoms with E-state index in [-0.39, 0.29) is 11.3 Å². The van der Waals surface area contributed by atoms with Crippen molar-refractivity contribution in [1.82, 2.24) is 14.6 Å². The number of fused-ring (bicyclic) bond motifs is 1. The first-order valence-corrected chi connectivity index (χ1v) is 8.37. The molecule has 6 heteroatoms. The summed E-state index contributed by atoms with van der Waals surface area (Å²) in [5.41, 5.74) is 1.34. The van der Waals surface area contributed by atoms with Crippen LogP contribution in [-0.2, 0) is 11.2 Å². The molecule has 1 aliphatic rings. The van der Waals surface area contributed by atoms with Crippen molar-refractivity contribution in [2.24, 2.45) is 11.8 Å². The molecule has 124 valence electrons. The summed E-state index contributed by atoms with van der Waals surface area (Å²) in [4.78, 5) is 28.6. The molecule has 3 rings (SSSR count). The second kappa shape index (κ2) is 6.56. The first kappa shape index (κ1) is 15.8. The van der Waals surface area contributed by atoms with E-state index in [1.54, 1.807) is 19.1 Å². The molecule has 0 spiro atoms. The molecule has 2 atom stereocenters. The first-order chi connectivity index (χ1) is 11.1. The van der Waals surface area contributed by atoms with E-state index in [4.69, 9.17) is 4.74 Å². The first-order valence-electron chi connectivity index (χ1n) is 8.37. The lowest BCUT2D eigenvalue weighted by molar-refractivity contribution is 0.0519. The van der Waals surface area contributed by atoms with Gasteiger partial charge < -0.3 is 4.74 Å². The zero-order valence-corrected chi connectivity index (χ0v) is 13.7. The van der Waals surface area contributed by atoms with Crippen LogP contribution in [0, 0.1) is 11.8 Å². The van der Waals surface area contributed by atoms with E-state index >= 15 is 0 Å². The van der Waals surface area contributed by atoms with Crippen LogP contribution >= 0.6 is 0 Å². The van der Waals surface area contributed by atoms with Crippen molar-refractivity contribution in [1.29, 1.82) is 0 Å². The highest BCUT2D eigenvalue weighted by molar-refractivity contribution is 5.88. The van der Waals surface area contributed by atoms with Gasteiger partial charge in [-0.2, -0.15) is 0 Å². The molecule has 1 N–H and O–H groups in total. The minimum Gasteiger partial charge on any atom is -0.461 e. The minimum absolute atomic E-state index is 0.191. The van der Waals surface area contributed by atoms with E-state index < -0.39 is 5.97 Å². The van der Waals surface area contributed by atoms with Gasteiger partial charge in [0.05, 0.1) is 6.61 Å². The van der Waals surface area contributed by atoms with Gasteiger partial charge in [-0.15, -0.1) is 0 Å². The molecule has 0 amide bonds.